The lowest BCUT2D eigenvalue weighted by Crippen LogP contribution is -3.00. The van der Waals surface area contributed by atoms with Crippen molar-refractivity contribution in [3.8, 4) is 0 Å². The SMILES string of the molecule is CC(=O)NCSC[C@H]([NH3+])C(=O)N[C@H]1CO[C@H]2[C@@H]1OC[C@H]2O[N+](=O)[O-].[Cl-]. The number of thioether (sulfide) groups is 1. The van der Waals surface area contributed by atoms with E-state index >= 15 is 0 Å². The van der Waals surface area contributed by atoms with Crippen molar-refractivity contribution >= 4 is 23.6 Å². The van der Waals surface area contributed by atoms with Gasteiger partial charge in [-0.1, -0.05) is 0 Å². The molecule has 2 amide bonds. The maximum absolute atomic E-state index is 12.2. The summed E-state index contributed by atoms with van der Waals surface area (Å²) in [5, 5.41) is 15.0. The van der Waals surface area contributed by atoms with Crippen LogP contribution in [-0.4, -0.2) is 72.1 Å². The molecule has 13 heteroatoms. The van der Waals surface area contributed by atoms with Crippen molar-refractivity contribution in [3.05, 3.63) is 10.1 Å². The summed E-state index contributed by atoms with van der Waals surface area (Å²) in [5.41, 5.74) is 3.80. The fraction of sp³-hybridized carbons (Fsp3) is 0.833. The third kappa shape index (κ3) is 6.15. The van der Waals surface area contributed by atoms with E-state index in [1.165, 1.54) is 18.7 Å². The molecule has 25 heavy (non-hydrogen) atoms. The maximum Gasteiger partial charge on any atom is 0.294 e. The lowest BCUT2D eigenvalue weighted by Gasteiger charge is -2.18. The summed E-state index contributed by atoms with van der Waals surface area (Å²) in [6.07, 6.45) is -1.83. The Labute approximate surface area is 154 Å². The van der Waals surface area contributed by atoms with Crippen molar-refractivity contribution in [2.24, 2.45) is 0 Å². The summed E-state index contributed by atoms with van der Waals surface area (Å²) < 4.78 is 10.9. The predicted molar refractivity (Wildman–Crippen MR) is 81.1 cm³/mol. The van der Waals surface area contributed by atoms with Crippen LogP contribution in [0.5, 0.6) is 0 Å². The summed E-state index contributed by atoms with van der Waals surface area (Å²) in [6, 6.07) is -0.900. The summed E-state index contributed by atoms with van der Waals surface area (Å²) >= 11 is 1.39. The van der Waals surface area contributed by atoms with Crippen LogP contribution in [0.4, 0.5) is 0 Å². The number of amides is 2. The third-order valence-corrected chi connectivity index (χ3v) is 4.66. The molecule has 2 aliphatic rings. The molecule has 0 radical (unpaired) electrons. The highest BCUT2D eigenvalue weighted by Gasteiger charge is 2.50. The molecule has 0 aromatic rings. The second-order valence-electron chi connectivity index (χ2n) is 5.52. The average Bonchev–Trinajstić information content (AvgIpc) is 3.07. The molecular formula is C12H21ClN4O7S. The Balaban J connectivity index is 0.00000312. The van der Waals surface area contributed by atoms with Crippen LogP contribution >= 0.6 is 11.8 Å². The Kier molecular flexibility index (Phi) is 8.65. The molecule has 0 aliphatic carbocycles. The van der Waals surface area contributed by atoms with E-state index < -0.39 is 35.5 Å². The van der Waals surface area contributed by atoms with E-state index in [1.54, 1.807) is 0 Å². The standard InChI is InChI=1S/C12H20N4O7S.ClH/c1-6(17)14-5-24-4-7(13)12(18)15-8-2-21-11-9(23-16(19)20)3-22-10(8)11;/h7-11H,2-5,13H2,1H3,(H,14,17)(H,15,18);1H/t7-,8-,9+,10+,11+;/m0./s1. The number of hydrogen-bond donors (Lipinski definition) is 3. The number of nitrogens with zero attached hydrogens (tertiary/aromatic N) is 1. The van der Waals surface area contributed by atoms with Crippen LogP contribution in [0.2, 0.25) is 0 Å². The molecular weight excluding hydrogens is 380 g/mol. The fourth-order valence-corrected chi connectivity index (χ4v) is 3.38. The van der Waals surface area contributed by atoms with Gasteiger partial charge in [0.05, 0.1) is 30.9 Å². The van der Waals surface area contributed by atoms with Gasteiger partial charge in [0.1, 0.15) is 12.2 Å². The molecule has 0 aromatic carbocycles. The molecule has 2 rings (SSSR count). The number of quaternary nitrogens is 1. The molecule has 0 spiro atoms. The van der Waals surface area contributed by atoms with Gasteiger partial charge in [-0.3, -0.25) is 9.59 Å². The lowest BCUT2D eigenvalue weighted by molar-refractivity contribution is -0.769. The van der Waals surface area contributed by atoms with Crippen molar-refractivity contribution in [2.75, 3.05) is 24.8 Å². The Morgan fingerprint density at radius 1 is 1.40 bits per heavy atom. The van der Waals surface area contributed by atoms with Crippen LogP contribution in [0.1, 0.15) is 6.92 Å². The average molecular weight is 401 g/mol. The van der Waals surface area contributed by atoms with Crippen LogP contribution in [-0.2, 0) is 23.9 Å². The smallest absolute Gasteiger partial charge is 0.294 e. The van der Waals surface area contributed by atoms with E-state index in [4.69, 9.17) is 9.47 Å². The zero-order valence-electron chi connectivity index (χ0n) is 13.5. The van der Waals surface area contributed by atoms with Crippen LogP contribution < -0.4 is 28.8 Å². The van der Waals surface area contributed by atoms with Gasteiger partial charge in [-0.05, 0) is 0 Å². The minimum atomic E-state index is -0.871. The second-order valence-corrected chi connectivity index (χ2v) is 6.55. The summed E-state index contributed by atoms with van der Waals surface area (Å²) in [7, 11) is 0. The van der Waals surface area contributed by atoms with Gasteiger partial charge < -0.3 is 43.1 Å². The normalized spacial score (nSPS) is 28.4. The number of nitrogens with one attached hydrogen (secondary N) is 2. The molecule has 11 nitrogen and oxygen atoms in total. The second kappa shape index (κ2) is 9.97. The van der Waals surface area contributed by atoms with E-state index in [-0.39, 0.29) is 37.4 Å². The molecule has 5 N–H and O–H groups in total. The van der Waals surface area contributed by atoms with Gasteiger partial charge in [0.2, 0.25) is 5.91 Å². The number of carbonyl (C=O) groups is 2. The molecule has 2 aliphatic heterocycles. The fourth-order valence-electron chi connectivity index (χ4n) is 2.52. The maximum atomic E-state index is 12.2. The zero-order valence-corrected chi connectivity index (χ0v) is 15.1. The first-order valence-electron chi connectivity index (χ1n) is 7.38. The highest BCUT2D eigenvalue weighted by molar-refractivity contribution is 7.99. The van der Waals surface area contributed by atoms with Crippen LogP contribution in [0, 0.1) is 10.1 Å². The van der Waals surface area contributed by atoms with E-state index in [1.807, 2.05) is 0 Å². The minimum absolute atomic E-state index is 0. The Morgan fingerprint density at radius 3 is 2.72 bits per heavy atom. The number of rotatable bonds is 8. The van der Waals surface area contributed by atoms with Crippen molar-refractivity contribution in [1.82, 2.24) is 10.6 Å². The predicted octanol–water partition coefficient (Wildman–Crippen LogP) is -5.71. The van der Waals surface area contributed by atoms with E-state index in [0.717, 1.165) is 0 Å². The van der Waals surface area contributed by atoms with Gasteiger partial charge in [-0.2, -0.15) is 0 Å². The molecule has 2 saturated heterocycles. The summed E-state index contributed by atoms with van der Waals surface area (Å²) in [5.74, 6) is 0.463. The van der Waals surface area contributed by atoms with Gasteiger partial charge in [0, 0.05) is 6.92 Å². The van der Waals surface area contributed by atoms with Crippen molar-refractivity contribution in [1.29, 1.82) is 0 Å². The molecule has 0 unspecified atom stereocenters. The first-order chi connectivity index (χ1) is 11.4. The number of fused-ring (bicyclic) bond motifs is 1. The van der Waals surface area contributed by atoms with E-state index in [2.05, 4.69) is 21.2 Å². The Hall–Kier alpha value is -1.34. The van der Waals surface area contributed by atoms with Gasteiger partial charge in [0.25, 0.3) is 11.0 Å². The molecule has 0 aromatic heterocycles. The number of halogens is 1. The number of hydrogen-bond acceptors (Lipinski definition) is 8. The highest BCUT2D eigenvalue weighted by Crippen LogP contribution is 2.28. The van der Waals surface area contributed by atoms with Gasteiger partial charge in [0.15, 0.2) is 12.1 Å². The zero-order chi connectivity index (χ0) is 17.7. The first kappa shape index (κ1) is 21.7. The lowest BCUT2D eigenvalue weighted by atomic mass is 10.1. The summed E-state index contributed by atoms with van der Waals surface area (Å²) in [6.45, 7) is 1.66. The van der Waals surface area contributed by atoms with Gasteiger partial charge in [-0.15, -0.1) is 21.9 Å². The Morgan fingerprint density at radius 2 is 2.08 bits per heavy atom. The van der Waals surface area contributed by atoms with Crippen LogP contribution in [0.3, 0.4) is 0 Å². The van der Waals surface area contributed by atoms with Gasteiger partial charge in [-0.25, -0.2) is 0 Å². The minimum Gasteiger partial charge on any atom is -1.00 e. The third-order valence-electron chi connectivity index (χ3n) is 3.67. The van der Waals surface area contributed by atoms with E-state index in [0.29, 0.717) is 11.6 Å². The quantitative estimate of drug-likeness (QED) is 0.157. The largest absolute Gasteiger partial charge is 1.00 e. The van der Waals surface area contributed by atoms with Crippen LogP contribution in [0.15, 0.2) is 0 Å². The molecule has 0 bridgehead atoms. The number of ether oxygens (including phenoxy) is 2. The first-order valence-corrected chi connectivity index (χ1v) is 8.54. The molecule has 2 fully saturated rings. The monoisotopic (exact) mass is 400 g/mol. The van der Waals surface area contributed by atoms with Crippen LogP contribution in [0.25, 0.3) is 0 Å². The summed E-state index contributed by atoms with van der Waals surface area (Å²) in [4.78, 5) is 37.8. The highest BCUT2D eigenvalue weighted by atomic mass is 35.5. The van der Waals surface area contributed by atoms with E-state index in [9.17, 15) is 19.7 Å². The van der Waals surface area contributed by atoms with Crippen molar-refractivity contribution < 1.29 is 47.1 Å². The van der Waals surface area contributed by atoms with Crippen molar-refractivity contribution in [3.63, 3.8) is 0 Å². The topological polar surface area (TPSA) is 157 Å². The molecule has 0 saturated carbocycles. The Bertz CT molecular complexity index is 500. The molecule has 144 valence electrons. The number of carbonyl (C=O) groups excluding carboxylic acids is 2. The molecule has 2 heterocycles. The molecule has 5 atom stereocenters. The van der Waals surface area contributed by atoms with Gasteiger partial charge >= 0.3 is 0 Å². The van der Waals surface area contributed by atoms with Crippen molar-refractivity contribution in [2.45, 2.75) is 37.3 Å².